The Hall–Kier alpha value is -1.88. The van der Waals surface area contributed by atoms with Crippen LogP contribution in [0.25, 0.3) is 0 Å². The van der Waals surface area contributed by atoms with Crippen molar-refractivity contribution in [2.24, 2.45) is 5.73 Å². The van der Waals surface area contributed by atoms with Gasteiger partial charge in [-0.25, -0.2) is 18.0 Å². The number of esters is 1. The number of nitrogens with zero attached hydrogens (tertiary/aromatic N) is 1. The van der Waals surface area contributed by atoms with E-state index in [1.54, 1.807) is 6.92 Å². The normalized spacial score (nSPS) is 29.4. The Bertz CT molecular complexity index is 659. The molecule has 11 heteroatoms. The monoisotopic (exact) mass is 364 g/mol. The molecular weight excluding hydrogens is 344 g/mol. The van der Waals surface area contributed by atoms with Gasteiger partial charge in [-0.3, -0.25) is 4.79 Å². The second-order valence-electron chi connectivity index (χ2n) is 6.04. The Balaban J connectivity index is 2.04. The van der Waals surface area contributed by atoms with Crippen molar-refractivity contribution in [2.75, 3.05) is 13.4 Å². The molecule has 136 valence electrons. The third-order valence-electron chi connectivity index (χ3n) is 4.13. The smallest absolute Gasteiger partial charge is 0.434 e. The number of nitrogens with two attached hydrogens (primary N) is 1. The van der Waals surface area contributed by atoms with Gasteiger partial charge in [0.15, 0.2) is 15.2 Å². The third-order valence-corrected chi connectivity index (χ3v) is 6.98. The molecule has 2 rings (SSSR count). The quantitative estimate of drug-likeness (QED) is 0.374. The molecule has 2 aliphatic heterocycles. The third kappa shape index (κ3) is 2.61. The molecule has 0 bridgehead atoms. The molecule has 2 saturated heterocycles. The second kappa shape index (κ2) is 6.20. The Labute approximate surface area is 139 Å². The average Bonchev–Trinajstić information content (AvgIpc) is 2.65. The molecule has 2 N–H and O–H groups in total. The van der Waals surface area contributed by atoms with E-state index in [4.69, 9.17) is 10.5 Å². The van der Waals surface area contributed by atoms with Crippen LogP contribution in [0, 0.1) is 0 Å². The minimum absolute atomic E-state index is 0.155. The molecule has 2 aliphatic rings. The second-order valence-corrected chi connectivity index (χ2v) is 8.66. The molecule has 0 aromatic carbocycles. The van der Waals surface area contributed by atoms with E-state index in [0.29, 0.717) is 6.42 Å². The first-order valence-corrected chi connectivity index (χ1v) is 8.89. The Kier molecular flexibility index (Phi) is 4.77. The van der Waals surface area contributed by atoms with Gasteiger partial charge in [-0.1, -0.05) is 6.92 Å². The Morgan fingerprint density at radius 1 is 1.25 bits per heavy atom. The fourth-order valence-electron chi connectivity index (χ4n) is 2.77. The molecule has 0 unspecified atom stereocenters. The molecule has 0 aromatic rings. The zero-order valence-corrected chi connectivity index (χ0v) is 14.4. The van der Waals surface area contributed by atoms with Crippen LogP contribution in [0.1, 0.15) is 27.2 Å². The van der Waals surface area contributed by atoms with Crippen molar-refractivity contribution in [3.05, 3.63) is 0 Å². The van der Waals surface area contributed by atoms with Gasteiger partial charge in [0.25, 0.3) is 0 Å². The van der Waals surface area contributed by atoms with Crippen molar-refractivity contribution in [3.63, 3.8) is 0 Å². The van der Waals surface area contributed by atoms with E-state index in [9.17, 15) is 22.8 Å². The van der Waals surface area contributed by atoms with Crippen LogP contribution in [0.3, 0.4) is 0 Å². The van der Waals surface area contributed by atoms with Crippen LogP contribution in [-0.2, 0) is 33.6 Å². The largest absolute Gasteiger partial charge is 0.511 e. The fourth-order valence-corrected chi connectivity index (χ4v) is 4.94. The van der Waals surface area contributed by atoms with E-state index in [1.165, 1.54) is 13.8 Å². The average molecular weight is 364 g/mol. The summed E-state index contributed by atoms with van der Waals surface area (Å²) in [6, 6.07) is -2.54. The van der Waals surface area contributed by atoms with Gasteiger partial charge in [0.2, 0.25) is 12.7 Å². The van der Waals surface area contributed by atoms with Crippen molar-refractivity contribution in [1.82, 2.24) is 4.90 Å². The van der Waals surface area contributed by atoms with Crippen LogP contribution in [0.2, 0.25) is 0 Å². The summed E-state index contributed by atoms with van der Waals surface area (Å²) in [5, 5.41) is -1.24. The first kappa shape index (κ1) is 18.5. The minimum atomic E-state index is -3.85. The maximum absolute atomic E-state index is 12.5. The number of rotatable bonds is 5. The molecule has 1 amide bonds. The summed E-state index contributed by atoms with van der Waals surface area (Å²) in [4.78, 5) is 36.1. The maximum Gasteiger partial charge on any atom is 0.511 e. The molecule has 0 aromatic heterocycles. The predicted molar refractivity (Wildman–Crippen MR) is 79.1 cm³/mol. The number of hydrogen-bond donors (Lipinski definition) is 1. The highest BCUT2D eigenvalue weighted by atomic mass is 32.2. The van der Waals surface area contributed by atoms with Crippen LogP contribution in [-0.4, -0.2) is 67.0 Å². The lowest BCUT2D eigenvalue weighted by Gasteiger charge is -2.40. The molecule has 10 nitrogen and oxygen atoms in total. The number of fused-ring (bicyclic) bond motifs is 1. The molecule has 2 fully saturated rings. The van der Waals surface area contributed by atoms with Crippen molar-refractivity contribution in [3.8, 4) is 0 Å². The fraction of sp³-hybridized carbons (Fsp3) is 0.769. The SMILES string of the molecule is CCCOC(=O)OCOC(=O)[C@@H]1N2C(=O)[C@@H](N)[C@H]2S(=O)(=O)C1(C)C. The summed E-state index contributed by atoms with van der Waals surface area (Å²) in [5.74, 6) is -1.63. The number of hydrogen-bond acceptors (Lipinski definition) is 9. The zero-order chi connectivity index (χ0) is 18.3. The number of carbonyl (C=O) groups excluding carboxylic acids is 3. The van der Waals surface area contributed by atoms with Gasteiger partial charge in [-0.2, -0.15) is 0 Å². The summed E-state index contributed by atoms with van der Waals surface area (Å²) < 4.78 is 37.3. The van der Waals surface area contributed by atoms with Gasteiger partial charge in [0.05, 0.1) is 6.61 Å². The zero-order valence-electron chi connectivity index (χ0n) is 13.6. The highest BCUT2D eigenvalue weighted by Crippen LogP contribution is 2.45. The number of β-lactam (4-membered cyclic amide) rings is 1. The van der Waals surface area contributed by atoms with Crippen molar-refractivity contribution in [2.45, 2.75) is 49.4 Å². The van der Waals surface area contributed by atoms with E-state index in [0.717, 1.165) is 4.90 Å². The molecule has 24 heavy (non-hydrogen) atoms. The van der Waals surface area contributed by atoms with Crippen LogP contribution in [0.5, 0.6) is 0 Å². The first-order chi connectivity index (χ1) is 11.1. The van der Waals surface area contributed by atoms with Gasteiger partial charge < -0.3 is 24.8 Å². The lowest BCUT2D eigenvalue weighted by molar-refractivity contribution is -0.169. The van der Waals surface area contributed by atoms with E-state index in [1.807, 2.05) is 0 Å². The summed E-state index contributed by atoms with van der Waals surface area (Å²) in [5.41, 5.74) is 5.54. The van der Waals surface area contributed by atoms with Gasteiger partial charge in [-0.05, 0) is 20.3 Å². The molecular formula is C13H20N2O8S. The Morgan fingerprint density at radius 2 is 1.88 bits per heavy atom. The van der Waals surface area contributed by atoms with Crippen molar-refractivity contribution in [1.29, 1.82) is 0 Å². The van der Waals surface area contributed by atoms with E-state index < -0.39 is 56.9 Å². The molecule has 3 atom stereocenters. The summed E-state index contributed by atoms with van der Waals surface area (Å²) in [7, 11) is -3.85. The van der Waals surface area contributed by atoms with Gasteiger partial charge in [-0.15, -0.1) is 0 Å². The van der Waals surface area contributed by atoms with E-state index in [2.05, 4.69) is 9.47 Å². The van der Waals surface area contributed by atoms with E-state index >= 15 is 0 Å². The summed E-state index contributed by atoms with van der Waals surface area (Å²) in [6.07, 6.45) is -0.412. The molecule has 0 aliphatic carbocycles. The Morgan fingerprint density at radius 3 is 2.46 bits per heavy atom. The number of amides is 1. The molecule has 2 heterocycles. The number of carbonyl (C=O) groups is 3. The highest BCUT2D eigenvalue weighted by molar-refractivity contribution is 7.94. The van der Waals surface area contributed by atoms with Crippen molar-refractivity contribution >= 4 is 27.9 Å². The van der Waals surface area contributed by atoms with Gasteiger partial charge in [0.1, 0.15) is 16.8 Å². The van der Waals surface area contributed by atoms with Crippen LogP contribution in [0.4, 0.5) is 4.79 Å². The first-order valence-electron chi connectivity index (χ1n) is 7.34. The number of sulfone groups is 1. The maximum atomic E-state index is 12.5. The molecule has 0 radical (unpaired) electrons. The van der Waals surface area contributed by atoms with Crippen molar-refractivity contribution < 1.29 is 37.0 Å². The van der Waals surface area contributed by atoms with E-state index in [-0.39, 0.29) is 6.61 Å². The minimum Gasteiger partial charge on any atom is -0.434 e. The summed E-state index contributed by atoms with van der Waals surface area (Å²) in [6.45, 7) is 3.85. The van der Waals surface area contributed by atoms with Crippen LogP contribution >= 0.6 is 0 Å². The van der Waals surface area contributed by atoms with Crippen LogP contribution in [0.15, 0.2) is 0 Å². The summed E-state index contributed by atoms with van der Waals surface area (Å²) >= 11 is 0. The highest BCUT2D eigenvalue weighted by Gasteiger charge is 2.71. The molecule has 0 saturated carbocycles. The van der Waals surface area contributed by atoms with Gasteiger partial charge in [0, 0.05) is 0 Å². The predicted octanol–water partition coefficient (Wildman–Crippen LogP) is -0.878. The lowest BCUT2D eigenvalue weighted by atomic mass is 9.96. The standard InChI is InChI=1S/C13H20N2O8S/c1-4-5-21-12(18)23-6-22-11(17)8-13(2,3)24(19,20)10-7(14)9(16)15(8)10/h7-8,10H,4-6,14H2,1-3H3/t7-,8+,10-/m1/s1. The number of ether oxygens (including phenoxy) is 3. The molecule has 0 spiro atoms. The topological polar surface area (TPSA) is 142 Å². The van der Waals surface area contributed by atoms with Gasteiger partial charge >= 0.3 is 12.1 Å². The lowest BCUT2D eigenvalue weighted by Crippen LogP contribution is -2.70. The van der Waals surface area contributed by atoms with Crippen LogP contribution < -0.4 is 5.73 Å².